The van der Waals surface area contributed by atoms with Gasteiger partial charge in [0.1, 0.15) is 5.75 Å². The average Bonchev–Trinajstić information content (AvgIpc) is 2.41. The van der Waals surface area contributed by atoms with Crippen LogP contribution < -0.4 is 5.73 Å². The maximum Gasteiger partial charge on any atom is 0.274 e. The molecule has 0 aliphatic heterocycles. The summed E-state index contributed by atoms with van der Waals surface area (Å²) in [6.07, 6.45) is 1.53. The van der Waals surface area contributed by atoms with Crippen LogP contribution in [0.2, 0.25) is 0 Å². The maximum atomic E-state index is 12.2. The SMILES string of the molecule is CN(Cc1ccccc1O)C(=O)c1ncccc1N. The Morgan fingerprint density at radius 1 is 1.32 bits per heavy atom. The molecule has 0 bridgehead atoms. The number of aromatic nitrogens is 1. The number of rotatable bonds is 3. The van der Waals surface area contributed by atoms with Crippen LogP contribution in [0, 0.1) is 0 Å². The molecule has 0 aliphatic carbocycles. The van der Waals surface area contributed by atoms with Crippen LogP contribution in [0.3, 0.4) is 0 Å². The van der Waals surface area contributed by atoms with Crippen LogP contribution in [0.4, 0.5) is 5.69 Å². The Labute approximate surface area is 111 Å². The second-order valence-electron chi connectivity index (χ2n) is 4.23. The van der Waals surface area contributed by atoms with Crippen LogP contribution in [-0.2, 0) is 6.54 Å². The van der Waals surface area contributed by atoms with Gasteiger partial charge >= 0.3 is 0 Å². The highest BCUT2D eigenvalue weighted by Crippen LogP contribution is 2.18. The van der Waals surface area contributed by atoms with Gasteiger partial charge in [-0.3, -0.25) is 4.79 Å². The van der Waals surface area contributed by atoms with E-state index in [0.717, 1.165) is 0 Å². The largest absolute Gasteiger partial charge is 0.508 e. The fourth-order valence-electron chi connectivity index (χ4n) is 1.75. The van der Waals surface area contributed by atoms with Gasteiger partial charge in [-0.1, -0.05) is 18.2 Å². The van der Waals surface area contributed by atoms with Gasteiger partial charge in [0.2, 0.25) is 0 Å². The van der Waals surface area contributed by atoms with Crippen LogP contribution in [0.5, 0.6) is 5.75 Å². The lowest BCUT2D eigenvalue weighted by Crippen LogP contribution is -2.27. The Bertz CT molecular complexity index is 599. The lowest BCUT2D eigenvalue weighted by molar-refractivity contribution is 0.0779. The first kappa shape index (κ1) is 12.9. The molecule has 0 spiro atoms. The van der Waals surface area contributed by atoms with Gasteiger partial charge in [-0.05, 0) is 18.2 Å². The van der Waals surface area contributed by atoms with Crippen molar-refractivity contribution in [3.63, 3.8) is 0 Å². The minimum Gasteiger partial charge on any atom is -0.508 e. The molecule has 2 rings (SSSR count). The zero-order valence-electron chi connectivity index (χ0n) is 10.6. The Morgan fingerprint density at radius 3 is 2.74 bits per heavy atom. The first-order valence-electron chi connectivity index (χ1n) is 5.82. The van der Waals surface area contributed by atoms with Crippen molar-refractivity contribution in [3.8, 4) is 5.75 Å². The van der Waals surface area contributed by atoms with Crippen LogP contribution >= 0.6 is 0 Å². The summed E-state index contributed by atoms with van der Waals surface area (Å²) in [5.41, 5.74) is 6.96. The summed E-state index contributed by atoms with van der Waals surface area (Å²) in [7, 11) is 1.64. The normalized spacial score (nSPS) is 10.2. The third-order valence-corrected chi connectivity index (χ3v) is 2.79. The minimum atomic E-state index is -0.277. The number of nitrogens with zero attached hydrogens (tertiary/aromatic N) is 2. The predicted octanol–water partition coefficient (Wildman–Crippen LogP) is 1.64. The Hall–Kier alpha value is -2.56. The molecule has 0 fully saturated rings. The third-order valence-electron chi connectivity index (χ3n) is 2.79. The molecule has 1 aromatic heterocycles. The number of hydrogen-bond acceptors (Lipinski definition) is 4. The summed E-state index contributed by atoms with van der Waals surface area (Å²) >= 11 is 0. The highest BCUT2D eigenvalue weighted by molar-refractivity contribution is 5.96. The number of anilines is 1. The maximum absolute atomic E-state index is 12.2. The van der Waals surface area contributed by atoms with Crippen molar-refractivity contribution in [2.45, 2.75) is 6.54 Å². The molecule has 1 heterocycles. The molecule has 0 saturated carbocycles. The second-order valence-corrected chi connectivity index (χ2v) is 4.23. The van der Waals surface area contributed by atoms with Crippen molar-refractivity contribution in [1.82, 2.24) is 9.88 Å². The molecule has 0 aliphatic rings. The van der Waals surface area contributed by atoms with E-state index >= 15 is 0 Å². The van der Waals surface area contributed by atoms with E-state index in [1.807, 2.05) is 6.07 Å². The minimum absolute atomic E-state index is 0.163. The summed E-state index contributed by atoms with van der Waals surface area (Å²) < 4.78 is 0. The summed E-state index contributed by atoms with van der Waals surface area (Å²) in [6, 6.07) is 10.2. The molecule has 98 valence electrons. The average molecular weight is 257 g/mol. The van der Waals surface area contributed by atoms with Gasteiger partial charge < -0.3 is 15.7 Å². The van der Waals surface area contributed by atoms with Gasteiger partial charge in [-0.25, -0.2) is 4.98 Å². The van der Waals surface area contributed by atoms with Crippen LogP contribution in [0.15, 0.2) is 42.6 Å². The van der Waals surface area contributed by atoms with Gasteiger partial charge in [0.05, 0.1) is 5.69 Å². The third kappa shape index (κ3) is 2.82. The van der Waals surface area contributed by atoms with Gasteiger partial charge in [0.25, 0.3) is 5.91 Å². The van der Waals surface area contributed by atoms with Crippen molar-refractivity contribution in [1.29, 1.82) is 0 Å². The van der Waals surface area contributed by atoms with Crippen molar-refractivity contribution in [2.24, 2.45) is 0 Å². The molecule has 1 amide bonds. The molecular weight excluding hydrogens is 242 g/mol. The summed E-state index contributed by atoms with van der Waals surface area (Å²) in [5.74, 6) is -0.113. The number of amides is 1. The quantitative estimate of drug-likeness (QED) is 0.876. The van der Waals surface area contributed by atoms with Crippen molar-refractivity contribution >= 4 is 11.6 Å². The summed E-state index contributed by atoms with van der Waals surface area (Å²) in [5, 5.41) is 9.69. The number of carbonyl (C=O) groups is 1. The van der Waals surface area contributed by atoms with Crippen LogP contribution in [0.25, 0.3) is 0 Å². The van der Waals surface area contributed by atoms with E-state index in [9.17, 15) is 9.90 Å². The number of nitrogen functional groups attached to an aromatic ring is 1. The Kier molecular flexibility index (Phi) is 3.66. The number of phenolic OH excluding ortho intramolecular Hbond substituents is 1. The number of pyridine rings is 1. The number of phenols is 1. The number of nitrogens with two attached hydrogens (primary N) is 1. The number of hydrogen-bond donors (Lipinski definition) is 2. The predicted molar refractivity (Wildman–Crippen MR) is 72.6 cm³/mol. The fourth-order valence-corrected chi connectivity index (χ4v) is 1.75. The topological polar surface area (TPSA) is 79.5 Å². The van der Waals surface area contributed by atoms with Crippen molar-refractivity contribution in [3.05, 3.63) is 53.9 Å². The van der Waals surface area contributed by atoms with Crippen LogP contribution in [0.1, 0.15) is 16.1 Å². The number of para-hydroxylation sites is 1. The molecule has 5 nitrogen and oxygen atoms in total. The highest BCUT2D eigenvalue weighted by Gasteiger charge is 2.16. The van der Waals surface area contributed by atoms with Crippen LogP contribution in [-0.4, -0.2) is 27.9 Å². The standard InChI is InChI=1S/C14H15N3O2/c1-17(9-10-5-2-3-7-12(10)18)14(19)13-11(15)6-4-8-16-13/h2-8,18H,9,15H2,1H3. The molecule has 2 aromatic rings. The Balaban J connectivity index is 2.17. The molecule has 3 N–H and O–H groups in total. The lowest BCUT2D eigenvalue weighted by atomic mass is 10.2. The van der Waals surface area contributed by atoms with Gasteiger partial charge in [0, 0.05) is 25.4 Å². The number of carbonyl (C=O) groups excluding carboxylic acids is 1. The zero-order valence-corrected chi connectivity index (χ0v) is 10.6. The molecule has 19 heavy (non-hydrogen) atoms. The first-order chi connectivity index (χ1) is 9.09. The molecule has 0 unspecified atom stereocenters. The molecule has 0 radical (unpaired) electrons. The van der Waals surface area contributed by atoms with E-state index in [1.165, 1.54) is 11.1 Å². The fraction of sp³-hybridized carbons (Fsp3) is 0.143. The first-order valence-corrected chi connectivity index (χ1v) is 5.82. The highest BCUT2D eigenvalue weighted by atomic mass is 16.3. The van der Waals surface area contributed by atoms with Crippen molar-refractivity contribution in [2.75, 3.05) is 12.8 Å². The molecule has 5 heteroatoms. The lowest BCUT2D eigenvalue weighted by Gasteiger charge is -2.18. The van der Waals surface area contributed by atoms with E-state index in [2.05, 4.69) is 4.98 Å². The second kappa shape index (κ2) is 5.39. The van der Waals surface area contributed by atoms with E-state index < -0.39 is 0 Å². The molecule has 1 aromatic carbocycles. The van der Waals surface area contributed by atoms with E-state index in [4.69, 9.17) is 5.73 Å². The molecular formula is C14H15N3O2. The summed E-state index contributed by atoms with van der Waals surface area (Å²) in [4.78, 5) is 17.6. The summed E-state index contributed by atoms with van der Waals surface area (Å²) in [6.45, 7) is 0.293. The van der Waals surface area contributed by atoms with Gasteiger partial charge in [0.15, 0.2) is 5.69 Å². The van der Waals surface area contributed by atoms with E-state index in [0.29, 0.717) is 17.8 Å². The Morgan fingerprint density at radius 2 is 2.05 bits per heavy atom. The molecule has 0 atom stereocenters. The smallest absolute Gasteiger partial charge is 0.274 e. The van der Waals surface area contributed by atoms with Crippen molar-refractivity contribution < 1.29 is 9.90 Å². The molecule has 0 saturated heterocycles. The number of aromatic hydroxyl groups is 1. The zero-order chi connectivity index (χ0) is 13.8. The van der Waals surface area contributed by atoms with Gasteiger partial charge in [-0.15, -0.1) is 0 Å². The van der Waals surface area contributed by atoms with E-state index in [-0.39, 0.29) is 17.4 Å². The van der Waals surface area contributed by atoms with E-state index in [1.54, 1.807) is 37.4 Å². The number of benzene rings is 1. The monoisotopic (exact) mass is 257 g/mol. The van der Waals surface area contributed by atoms with Gasteiger partial charge in [-0.2, -0.15) is 0 Å².